The molecule has 1 aromatic rings. The Morgan fingerprint density at radius 2 is 2.21 bits per heavy atom. The number of nitrogens with zero attached hydrogens (tertiary/aromatic N) is 3. The summed E-state index contributed by atoms with van der Waals surface area (Å²) in [6, 6.07) is 4.09. The fourth-order valence-electron chi connectivity index (χ4n) is 4.39. The van der Waals surface area contributed by atoms with Crippen molar-refractivity contribution in [3.8, 4) is 0 Å². The Morgan fingerprint density at radius 3 is 2.93 bits per heavy atom. The monoisotopic (exact) mass is 421 g/mol. The van der Waals surface area contributed by atoms with Crippen molar-refractivity contribution in [2.75, 3.05) is 37.7 Å². The Balaban J connectivity index is 1.60. The lowest BCUT2D eigenvalue weighted by atomic mass is 9.78. The maximum absolute atomic E-state index is 6.32. The molecule has 3 atom stereocenters. The first kappa shape index (κ1) is 22.2. The van der Waals surface area contributed by atoms with E-state index >= 15 is 0 Å². The Labute approximate surface area is 180 Å². The van der Waals surface area contributed by atoms with E-state index in [1.165, 1.54) is 6.42 Å². The van der Waals surface area contributed by atoms with Gasteiger partial charge in [0.25, 0.3) is 0 Å². The highest BCUT2D eigenvalue weighted by Gasteiger charge is 2.35. The first-order chi connectivity index (χ1) is 13.9. The molecular formula is C22H36ClN5O. The van der Waals surface area contributed by atoms with Crippen LogP contribution in [-0.2, 0) is 4.74 Å². The van der Waals surface area contributed by atoms with Crippen LogP contribution in [0.2, 0.25) is 5.02 Å². The molecule has 0 bridgehead atoms. The van der Waals surface area contributed by atoms with Gasteiger partial charge in [0.1, 0.15) is 5.82 Å². The molecule has 162 valence electrons. The van der Waals surface area contributed by atoms with Crippen LogP contribution in [0.1, 0.15) is 47.0 Å². The van der Waals surface area contributed by atoms with Gasteiger partial charge in [0.05, 0.1) is 11.1 Å². The molecule has 3 unspecified atom stereocenters. The van der Waals surface area contributed by atoms with E-state index in [4.69, 9.17) is 21.3 Å². The van der Waals surface area contributed by atoms with E-state index in [9.17, 15) is 0 Å². The molecule has 2 saturated heterocycles. The molecule has 2 fully saturated rings. The van der Waals surface area contributed by atoms with Crippen LogP contribution in [0.4, 0.5) is 5.82 Å². The van der Waals surface area contributed by atoms with Gasteiger partial charge in [0.15, 0.2) is 5.96 Å². The Bertz CT molecular complexity index is 690. The summed E-state index contributed by atoms with van der Waals surface area (Å²) in [6.07, 6.45) is 5.40. The highest BCUT2D eigenvalue weighted by molar-refractivity contribution is 6.32. The number of ether oxygens (including phenoxy) is 1. The molecule has 7 heteroatoms. The third kappa shape index (κ3) is 5.98. The number of pyridine rings is 1. The number of rotatable bonds is 5. The van der Waals surface area contributed by atoms with Crippen molar-refractivity contribution in [1.82, 2.24) is 15.6 Å². The van der Waals surface area contributed by atoms with Crippen molar-refractivity contribution in [3.63, 3.8) is 0 Å². The Hall–Kier alpha value is -1.53. The van der Waals surface area contributed by atoms with E-state index in [2.05, 4.69) is 48.2 Å². The lowest BCUT2D eigenvalue weighted by molar-refractivity contribution is -0.0823. The standard InChI is InChI=1S/C22H36ClN5O/c1-5-24-21(26-14-16-8-7-13-29-19(16)22(2,3)4)27-17-10-12-28(15-17)20-18(23)9-6-11-25-20/h6,9,11,16-17,19H,5,7-8,10,12-15H2,1-4H3,(H2,24,26,27). The van der Waals surface area contributed by atoms with E-state index in [0.29, 0.717) is 17.0 Å². The van der Waals surface area contributed by atoms with Gasteiger partial charge in [-0.25, -0.2) is 4.98 Å². The third-order valence-electron chi connectivity index (χ3n) is 5.69. The van der Waals surface area contributed by atoms with Crippen LogP contribution in [0.3, 0.4) is 0 Å². The summed E-state index contributed by atoms with van der Waals surface area (Å²) in [6.45, 7) is 13.2. The molecule has 29 heavy (non-hydrogen) atoms. The zero-order chi connectivity index (χ0) is 20.9. The van der Waals surface area contributed by atoms with E-state index in [1.807, 2.05) is 12.1 Å². The molecular weight excluding hydrogens is 386 g/mol. The molecule has 2 aliphatic rings. The SMILES string of the molecule is CCNC(=NCC1CCCOC1C(C)(C)C)NC1CCN(c2ncccc2Cl)C1. The normalized spacial score (nSPS) is 25.9. The smallest absolute Gasteiger partial charge is 0.191 e. The molecule has 0 radical (unpaired) electrons. The van der Waals surface area contributed by atoms with Gasteiger partial charge in [-0.1, -0.05) is 32.4 Å². The third-order valence-corrected chi connectivity index (χ3v) is 5.99. The topological polar surface area (TPSA) is 61.8 Å². The number of hydrogen-bond acceptors (Lipinski definition) is 4. The molecule has 3 rings (SSSR count). The van der Waals surface area contributed by atoms with Crippen LogP contribution < -0.4 is 15.5 Å². The lowest BCUT2D eigenvalue weighted by Crippen LogP contribution is -2.46. The zero-order valence-corrected chi connectivity index (χ0v) is 19.0. The minimum atomic E-state index is 0.139. The largest absolute Gasteiger partial charge is 0.377 e. The number of hydrogen-bond donors (Lipinski definition) is 2. The van der Waals surface area contributed by atoms with Gasteiger partial charge < -0.3 is 20.3 Å². The summed E-state index contributed by atoms with van der Waals surface area (Å²) in [7, 11) is 0. The van der Waals surface area contributed by atoms with Gasteiger partial charge in [-0.05, 0) is 43.7 Å². The number of halogens is 1. The number of anilines is 1. The van der Waals surface area contributed by atoms with Crippen molar-refractivity contribution >= 4 is 23.4 Å². The Morgan fingerprint density at radius 1 is 1.38 bits per heavy atom. The summed E-state index contributed by atoms with van der Waals surface area (Å²) in [5.41, 5.74) is 0.139. The molecule has 3 heterocycles. The van der Waals surface area contributed by atoms with Gasteiger partial charge in [-0.3, -0.25) is 4.99 Å². The van der Waals surface area contributed by atoms with Gasteiger partial charge in [-0.2, -0.15) is 0 Å². The van der Waals surface area contributed by atoms with Crippen molar-refractivity contribution in [3.05, 3.63) is 23.4 Å². The van der Waals surface area contributed by atoms with Gasteiger partial charge >= 0.3 is 0 Å². The number of guanidine groups is 1. The highest BCUT2D eigenvalue weighted by atomic mass is 35.5. The molecule has 0 saturated carbocycles. The predicted octanol–water partition coefficient (Wildman–Crippen LogP) is 3.71. The second-order valence-electron chi connectivity index (χ2n) is 9.16. The van der Waals surface area contributed by atoms with Crippen LogP contribution in [0.25, 0.3) is 0 Å². The van der Waals surface area contributed by atoms with E-state index in [-0.39, 0.29) is 11.5 Å². The van der Waals surface area contributed by atoms with Gasteiger partial charge in [-0.15, -0.1) is 0 Å². The molecule has 6 nitrogen and oxygen atoms in total. The minimum Gasteiger partial charge on any atom is -0.377 e. The van der Waals surface area contributed by atoms with Crippen molar-refractivity contribution in [2.24, 2.45) is 16.3 Å². The molecule has 0 aliphatic carbocycles. The molecule has 2 aliphatic heterocycles. The van der Waals surface area contributed by atoms with E-state index < -0.39 is 0 Å². The van der Waals surface area contributed by atoms with Crippen LogP contribution in [-0.4, -0.2) is 55.9 Å². The fraction of sp³-hybridized carbons (Fsp3) is 0.727. The van der Waals surface area contributed by atoms with Crippen LogP contribution in [0.15, 0.2) is 23.3 Å². The summed E-state index contributed by atoms with van der Waals surface area (Å²) in [4.78, 5) is 11.6. The predicted molar refractivity (Wildman–Crippen MR) is 121 cm³/mol. The van der Waals surface area contributed by atoms with Crippen LogP contribution in [0.5, 0.6) is 0 Å². The summed E-state index contributed by atoms with van der Waals surface area (Å²) in [5, 5.41) is 7.73. The van der Waals surface area contributed by atoms with E-state index in [1.54, 1.807) is 6.20 Å². The highest BCUT2D eigenvalue weighted by Crippen LogP contribution is 2.34. The molecule has 0 amide bonds. The second-order valence-corrected chi connectivity index (χ2v) is 9.57. The average Bonchev–Trinajstić information content (AvgIpc) is 3.14. The quantitative estimate of drug-likeness (QED) is 0.560. The van der Waals surface area contributed by atoms with Crippen LogP contribution >= 0.6 is 11.6 Å². The number of aromatic nitrogens is 1. The minimum absolute atomic E-state index is 0.139. The first-order valence-electron chi connectivity index (χ1n) is 10.9. The molecule has 0 spiro atoms. The number of aliphatic imine (C=N–C) groups is 1. The Kier molecular flexibility index (Phi) is 7.63. The summed E-state index contributed by atoms with van der Waals surface area (Å²) >= 11 is 6.32. The summed E-state index contributed by atoms with van der Waals surface area (Å²) in [5.74, 6) is 2.23. The first-order valence-corrected chi connectivity index (χ1v) is 11.3. The molecule has 1 aromatic heterocycles. The van der Waals surface area contributed by atoms with Crippen molar-refractivity contribution in [2.45, 2.75) is 59.1 Å². The second kappa shape index (κ2) is 9.98. The van der Waals surface area contributed by atoms with Crippen molar-refractivity contribution in [1.29, 1.82) is 0 Å². The molecule has 0 aromatic carbocycles. The fourth-order valence-corrected chi connectivity index (χ4v) is 4.63. The van der Waals surface area contributed by atoms with E-state index in [0.717, 1.165) is 57.4 Å². The maximum Gasteiger partial charge on any atom is 0.191 e. The summed E-state index contributed by atoms with van der Waals surface area (Å²) < 4.78 is 6.12. The zero-order valence-electron chi connectivity index (χ0n) is 18.2. The van der Waals surface area contributed by atoms with Crippen molar-refractivity contribution < 1.29 is 4.74 Å². The van der Waals surface area contributed by atoms with Gasteiger partial charge in [0, 0.05) is 50.9 Å². The lowest BCUT2D eigenvalue weighted by Gasteiger charge is -2.39. The maximum atomic E-state index is 6.32. The van der Waals surface area contributed by atoms with Crippen LogP contribution in [0, 0.1) is 11.3 Å². The van der Waals surface area contributed by atoms with Gasteiger partial charge in [0.2, 0.25) is 0 Å². The number of nitrogens with one attached hydrogen (secondary N) is 2. The molecule has 2 N–H and O–H groups in total. The average molecular weight is 422 g/mol.